The van der Waals surface area contributed by atoms with E-state index in [0.717, 1.165) is 6.42 Å². The lowest BCUT2D eigenvalue weighted by molar-refractivity contribution is -0.243. The molecule has 2 rings (SSSR count). The Balaban J connectivity index is 2.51. The SMILES string of the molecule is CN1CCCCC1(c1ccccc1)C(F)(F)F. The fraction of sp³-hybridized carbons (Fsp3) is 0.538. The van der Waals surface area contributed by atoms with Gasteiger partial charge in [-0.1, -0.05) is 30.3 Å². The van der Waals surface area contributed by atoms with Crippen LogP contribution in [0.25, 0.3) is 0 Å². The van der Waals surface area contributed by atoms with Crippen molar-refractivity contribution in [3.63, 3.8) is 0 Å². The number of hydrogen-bond acceptors (Lipinski definition) is 1. The molecule has 4 heteroatoms. The van der Waals surface area contributed by atoms with Crippen molar-refractivity contribution in [2.24, 2.45) is 0 Å². The summed E-state index contributed by atoms with van der Waals surface area (Å²) in [5.74, 6) is 0. The summed E-state index contributed by atoms with van der Waals surface area (Å²) in [5.41, 5.74) is -1.44. The Morgan fingerprint density at radius 3 is 2.29 bits per heavy atom. The highest BCUT2D eigenvalue weighted by Crippen LogP contribution is 2.48. The maximum Gasteiger partial charge on any atom is 0.410 e. The van der Waals surface area contributed by atoms with Crippen molar-refractivity contribution < 1.29 is 13.2 Å². The molecule has 1 aliphatic heterocycles. The molecule has 0 aliphatic carbocycles. The maximum atomic E-state index is 13.5. The number of alkyl halides is 3. The number of likely N-dealkylation sites (tertiary alicyclic amines) is 1. The van der Waals surface area contributed by atoms with Crippen molar-refractivity contribution in [3.05, 3.63) is 35.9 Å². The second-order valence-electron chi connectivity index (χ2n) is 4.60. The molecule has 0 saturated carbocycles. The standard InChI is InChI=1S/C13H16F3N/c1-17-10-6-5-9-12(17,13(14,15)16)11-7-3-2-4-8-11/h2-4,7-8H,5-6,9-10H2,1H3. The molecule has 1 heterocycles. The quantitative estimate of drug-likeness (QED) is 0.729. The van der Waals surface area contributed by atoms with Crippen LogP contribution in [0.1, 0.15) is 24.8 Å². The minimum absolute atomic E-state index is 0.150. The van der Waals surface area contributed by atoms with Gasteiger partial charge in [-0.2, -0.15) is 13.2 Å². The molecule has 1 nitrogen and oxygen atoms in total. The van der Waals surface area contributed by atoms with Gasteiger partial charge >= 0.3 is 6.18 Å². The summed E-state index contributed by atoms with van der Waals surface area (Å²) in [6.45, 7) is 0.494. The largest absolute Gasteiger partial charge is 0.410 e. The molecular formula is C13H16F3N. The Hall–Kier alpha value is -1.03. The van der Waals surface area contributed by atoms with Crippen molar-refractivity contribution in [2.75, 3.05) is 13.6 Å². The summed E-state index contributed by atoms with van der Waals surface area (Å²) in [4.78, 5) is 1.45. The second kappa shape index (κ2) is 4.33. The van der Waals surface area contributed by atoms with Crippen LogP contribution in [0, 0.1) is 0 Å². The predicted molar refractivity (Wildman–Crippen MR) is 60.7 cm³/mol. The van der Waals surface area contributed by atoms with Gasteiger partial charge in [0.2, 0.25) is 0 Å². The lowest BCUT2D eigenvalue weighted by Crippen LogP contribution is -2.56. The molecule has 1 fully saturated rings. The van der Waals surface area contributed by atoms with Crippen LogP contribution in [0.2, 0.25) is 0 Å². The highest BCUT2D eigenvalue weighted by molar-refractivity contribution is 5.27. The molecule has 1 unspecified atom stereocenters. The number of nitrogens with zero attached hydrogens (tertiary/aromatic N) is 1. The van der Waals surface area contributed by atoms with Crippen LogP contribution in [0.3, 0.4) is 0 Å². The number of benzene rings is 1. The summed E-state index contributed by atoms with van der Waals surface area (Å²) < 4.78 is 40.5. The van der Waals surface area contributed by atoms with Gasteiger partial charge in [-0.25, -0.2) is 0 Å². The van der Waals surface area contributed by atoms with E-state index in [4.69, 9.17) is 0 Å². The molecule has 0 aromatic heterocycles. The molecule has 1 atom stereocenters. The van der Waals surface area contributed by atoms with Crippen molar-refractivity contribution in [1.82, 2.24) is 4.90 Å². The van der Waals surface area contributed by atoms with E-state index in [-0.39, 0.29) is 6.42 Å². The topological polar surface area (TPSA) is 3.24 Å². The summed E-state index contributed by atoms with van der Waals surface area (Å²) in [6.07, 6.45) is -2.62. The van der Waals surface area contributed by atoms with Crippen molar-refractivity contribution >= 4 is 0 Å². The Morgan fingerprint density at radius 1 is 1.12 bits per heavy atom. The Morgan fingerprint density at radius 2 is 1.76 bits per heavy atom. The van der Waals surface area contributed by atoms with Gasteiger partial charge in [-0.15, -0.1) is 0 Å². The Kier molecular flexibility index (Phi) is 3.17. The molecule has 1 saturated heterocycles. The van der Waals surface area contributed by atoms with Crippen LogP contribution in [-0.4, -0.2) is 24.7 Å². The molecule has 0 bridgehead atoms. The molecule has 0 spiro atoms. The third-order valence-electron chi connectivity index (χ3n) is 3.65. The van der Waals surface area contributed by atoms with E-state index < -0.39 is 11.7 Å². The van der Waals surface area contributed by atoms with Crippen LogP contribution < -0.4 is 0 Å². The Bertz CT molecular complexity index is 374. The van der Waals surface area contributed by atoms with Crippen LogP contribution in [0.5, 0.6) is 0 Å². The molecule has 0 radical (unpaired) electrons. The van der Waals surface area contributed by atoms with Crippen LogP contribution in [-0.2, 0) is 5.54 Å². The van der Waals surface area contributed by atoms with E-state index in [1.54, 1.807) is 37.4 Å². The molecule has 1 aromatic carbocycles. The molecule has 1 aromatic rings. The first kappa shape index (κ1) is 12.4. The summed E-state index contributed by atoms with van der Waals surface area (Å²) in [7, 11) is 1.57. The van der Waals surface area contributed by atoms with E-state index in [0.29, 0.717) is 18.5 Å². The van der Waals surface area contributed by atoms with E-state index in [2.05, 4.69) is 0 Å². The van der Waals surface area contributed by atoms with Crippen LogP contribution in [0.4, 0.5) is 13.2 Å². The maximum absolute atomic E-state index is 13.5. The first-order valence-electron chi connectivity index (χ1n) is 5.82. The lowest BCUT2D eigenvalue weighted by Gasteiger charge is -2.46. The van der Waals surface area contributed by atoms with Gasteiger partial charge in [0, 0.05) is 0 Å². The van der Waals surface area contributed by atoms with Gasteiger partial charge in [0.15, 0.2) is 0 Å². The third kappa shape index (κ3) is 1.95. The lowest BCUT2D eigenvalue weighted by atomic mass is 9.80. The van der Waals surface area contributed by atoms with Gasteiger partial charge < -0.3 is 0 Å². The molecule has 17 heavy (non-hydrogen) atoms. The summed E-state index contributed by atoms with van der Waals surface area (Å²) in [6, 6.07) is 8.25. The van der Waals surface area contributed by atoms with Crippen molar-refractivity contribution in [1.29, 1.82) is 0 Å². The highest BCUT2D eigenvalue weighted by Gasteiger charge is 2.58. The fourth-order valence-electron chi connectivity index (χ4n) is 2.71. The van der Waals surface area contributed by atoms with Crippen molar-refractivity contribution in [2.45, 2.75) is 31.0 Å². The minimum Gasteiger partial charge on any atom is -0.289 e. The van der Waals surface area contributed by atoms with Crippen molar-refractivity contribution in [3.8, 4) is 0 Å². The minimum atomic E-state index is -4.23. The normalized spacial score (nSPS) is 27.1. The first-order chi connectivity index (χ1) is 7.98. The van der Waals surface area contributed by atoms with Gasteiger partial charge in [0.05, 0.1) is 0 Å². The van der Waals surface area contributed by atoms with Crippen LogP contribution >= 0.6 is 0 Å². The van der Waals surface area contributed by atoms with E-state index in [1.165, 1.54) is 4.90 Å². The predicted octanol–water partition coefficient (Wildman–Crippen LogP) is 3.56. The molecule has 94 valence electrons. The zero-order valence-electron chi connectivity index (χ0n) is 9.80. The zero-order chi connectivity index (χ0) is 12.5. The molecular weight excluding hydrogens is 227 g/mol. The van der Waals surface area contributed by atoms with Gasteiger partial charge in [-0.3, -0.25) is 4.90 Å². The van der Waals surface area contributed by atoms with Gasteiger partial charge in [-0.05, 0) is 38.4 Å². The zero-order valence-corrected chi connectivity index (χ0v) is 9.80. The summed E-state index contributed by atoms with van der Waals surface area (Å²) >= 11 is 0. The van der Waals surface area contributed by atoms with E-state index in [1.807, 2.05) is 0 Å². The first-order valence-corrected chi connectivity index (χ1v) is 5.82. The number of rotatable bonds is 1. The monoisotopic (exact) mass is 243 g/mol. The number of halogens is 3. The average Bonchev–Trinajstić information content (AvgIpc) is 2.29. The third-order valence-corrected chi connectivity index (χ3v) is 3.65. The van der Waals surface area contributed by atoms with Gasteiger partial charge in [0.25, 0.3) is 0 Å². The second-order valence-corrected chi connectivity index (χ2v) is 4.60. The molecule has 1 aliphatic rings. The van der Waals surface area contributed by atoms with E-state index in [9.17, 15) is 13.2 Å². The smallest absolute Gasteiger partial charge is 0.289 e. The molecule has 0 N–H and O–H groups in total. The Labute approximate surface area is 99.2 Å². The van der Waals surface area contributed by atoms with Gasteiger partial charge in [0.1, 0.15) is 5.54 Å². The number of hydrogen-bond donors (Lipinski definition) is 0. The van der Waals surface area contributed by atoms with E-state index >= 15 is 0 Å². The number of piperidine rings is 1. The average molecular weight is 243 g/mol. The highest BCUT2D eigenvalue weighted by atomic mass is 19.4. The summed E-state index contributed by atoms with van der Waals surface area (Å²) in [5, 5.41) is 0. The molecule has 0 amide bonds. The fourth-order valence-corrected chi connectivity index (χ4v) is 2.71. The van der Waals surface area contributed by atoms with Crippen LogP contribution in [0.15, 0.2) is 30.3 Å².